The first-order chi connectivity index (χ1) is 11.9. The van der Waals surface area contributed by atoms with E-state index >= 15 is 0 Å². The lowest BCUT2D eigenvalue weighted by molar-refractivity contribution is -0.123. The van der Waals surface area contributed by atoms with Crippen molar-refractivity contribution in [3.05, 3.63) is 58.0 Å². The van der Waals surface area contributed by atoms with Crippen LogP contribution in [0.5, 0.6) is 0 Å². The minimum absolute atomic E-state index is 0.148. The van der Waals surface area contributed by atoms with Gasteiger partial charge in [-0.05, 0) is 36.2 Å². The standard InChI is InChI=1S/C17H17Cl2N3O3/c1-10(2)15(17(24)22-20-9-12-4-3-7-25-12)21-16(23)11-5-6-13(18)14(19)8-11/h3-10,15H,1-2H3,(H,21,23)(H,22,24)/b20-9-. The van der Waals surface area contributed by atoms with Crippen LogP contribution in [0.25, 0.3) is 0 Å². The number of hydrogen-bond donors (Lipinski definition) is 2. The molecule has 1 atom stereocenters. The minimum atomic E-state index is -0.768. The molecule has 2 aromatic rings. The fourth-order valence-corrected chi connectivity index (χ4v) is 2.29. The Hall–Kier alpha value is -2.31. The molecule has 132 valence electrons. The van der Waals surface area contributed by atoms with Crippen LogP contribution < -0.4 is 10.7 Å². The quantitative estimate of drug-likeness (QED) is 0.593. The van der Waals surface area contributed by atoms with E-state index in [0.717, 1.165) is 0 Å². The number of rotatable bonds is 6. The van der Waals surface area contributed by atoms with Crippen LogP contribution in [0, 0.1) is 5.92 Å². The molecular formula is C17H17Cl2N3O3. The smallest absolute Gasteiger partial charge is 0.262 e. The zero-order valence-corrected chi connectivity index (χ0v) is 15.1. The number of hydrazone groups is 1. The fraction of sp³-hybridized carbons (Fsp3) is 0.235. The molecule has 0 radical (unpaired) electrons. The average molecular weight is 382 g/mol. The van der Waals surface area contributed by atoms with Crippen molar-refractivity contribution in [3.8, 4) is 0 Å². The SMILES string of the molecule is CC(C)C(NC(=O)c1ccc(Cl)c(Cl)c1)C(=O)N/N=C\c1ccco1. The van der Waals surface area contributed by atoms with Crippen LogP contribution in [-0.4, -0.2) is 24.1 Å². The molecule has 2 amide bonds. The molecule has 1 aromatic heterocycles. The molecule has 25 heavy (non-hydrogen) atoms. The first kappa shape index (κ1) is 19.0. The lowest BCUT2D eigenvalue weighted by atomic mass is 10.0. The lowest BCUT2D eigenvalue weighted by Gasteiger charge is -2.20. The van der Waals surface area contributed by atoms with E-state index in [2.05, 4.69) is 15.8 Å². The van der Waals surface area contributed by atoms with Gasteiger partial charge in [-0.2, -0.15) is 5.10 Å². The van der Waals surface area contributed by atoms with E-state index in [1.54, 1.807) is 12.1 Å². The van der Waals surface area contributed by atoms with Crippen molar-refractivity contribution in [2.45, 2.75) is 19.9 Å². The predicted octanol–water partition coefficient (Wildman–Crippen LogP) is 3.49. The van der Waals surface area contributed by atoms with Crippen molar-refractivity contribution < 1.29 is 14.0 Å². The van der Waals surface area contributed by atoms with Crippen molar-refractivity contribution in [2.24, 2.45) is 11.0 Å². The zero-order chi connectivity index (χ0) is 18.4. The molecule has 8 heteroatoms. The first-order valence-corrected chi connectivity index (χ1v) is 8.26. The highest BCUT2D eigenvalue weighted by Crippen LogP contribution is 2.22. The second kappa shape index (κ2) is 8.69. The van der Waals surface area contributed by atoms with E-state index in [0.29, 0.717) is 16.3 Å². The Morgan fingerprint density at radius 1 is 1.20 bits per heavy atom. The zero-order valence-electron chi connectivity index (χ0n) is 13.6. The molecule has 0 spiro atoms. The molecule has 1 aromatic carbocycles. The van der Waals surface area contributed by atoms with E-state index < -0.39 is 17.9 Å². The summed E-state index contributed by atoms with van der Waals surface area (Å²) in [6, 6.07) is 7.14. The summed E-state index contributed by atoms with van der Waals surface area (Å²) in [5.41, 5.74) is 2.70. The number of carbonyl (C=O) groups excluding carboxylic acids is 2. The van der Waals surface area contributed by atoms with Gasteiger partial charge in [-0.15, -0.1) is 0 Å². The molecule has 0 bridgehead atoms. The van der Waals surface area contributed by atoms with Gasteiger partial charge in [0.15, 0.2) is 0 Å². The highest BCUT2D eigenvalue weighted by Gasteiger charge is 2.24. The topological polar surface area (TPSA) is 83.7 Å². The largest absolute Gasteiger partial charge is 0.463 e. The summed E-state index contributed by atoms with van der Waals surface area (Å²) in [6.07, 6.45) is 2.87. The third-order valence-corrected chi connectivity index (χ3v) is 4.07. The summed E-state index contributed by atoms with van der Waals surface area (Å²) in [4.78, 5) is 24.6. The number of nitrogens with one attached hydrogen (secondary N) is 2. The van der Waals surface area contributed by atoms with Gasteiger partial charge in [0, 0.05) is 5.56 Å². The molecule has 1 unspecified atom stereocenters. The van der Waals surface area contributed by atoms with Gasteiger partial charge in [-0.1, -0.05) is 37.0 Å². The van der Waals surface area contributed by atoms with Crippen LogP contribution in [0.1, 0.15) is 30.0 Å². The molecule has 0 fully saturated rings. The van der Waals surface area contributed by atoms with Crippen LogP contribution >= 0.6 is 23.2 Å². The number of benzene rings is 1. The molecule has 6 nitrogen and oxygen atoms in total. The summed E-state index contributed by atoms with van der Waals surface area (Å²) in [7, 11) is 0. The number of hydrogen-bond acceptors (Lipinski definition) is 4. The maximum Gasteiger partial charge on any atom is 0.262 e. The van der Waals surface area contributed by atoms with Crippen molar-refractivity contribution >= 4 is 41.2 Å². The van der Waals surface area contributed by atoms with Crippen LogP contribution in [0.4, 0.5) is 0 Å². The van der Waals surface area contributed by atoms with E-state index in [1.807, 2.05) is 13.8 Å². The Balaban J connectivity index is 2.02. The highest BCUT2D eigenvalue weighted by molar-refractivity contribution is 6.42. The molecule has 0 aliphatic heterocycles. The van der Waals surface area contributed by atoms with Gasteiger partial charge in [-0.25, -0.2) is 5.43 Å². The molecule has 2 rings (SSSR count). The molecule has 0 aliphatic rings. The maximum absolute atomic E-state index is 12.3. The third kappa shape index (κ3) is 5.34. The fourth-order valence-electron chi connectivity index (χ4n) is 1.99. The van der Waals surface area contributed by atoms with Crippen molar-refractivity contribution in [3.63, 3.8) is 0 Å². The second-order valence-electron chi connectivity index (χ2n) is 5.57. The Labute approximate surface area is 155 Å². The van der Waals surface area contributed by atoms with Gasteiger partial charge in [0.05, 0.1) is 22.5 Å². The summed E-state index contributed by atoms with van der Waals surface area (Å²) in [5, 5.41) is 7.10. The molecule has 2 N–H and O–H groups in total. The Morgan fingerprint density at radius 3 is 2.56 bits per heavy atom. The first-order valence-electron chi connectivity index (χ1n) is 7.51. The van der Waals surface area contributed by atoms with Crippen LogP contribution in [0.2, 0.25) is 10.0 Å². The van der Waals surface area contributed by atoms with Crippen molar-refractivity contribution in [2.75, 3.05) is 0 Å². The van der Waals surface area contributed by atoms with E-state index in [1.165, 1.54) is 30.7 Å². The summed E-state index contributed by atoms with van der Waals surface area (Å²) in [5.74, 6) is -0.513. The minimum Gasteiger partial charge on any atom is -0.463 e. The van der Waals surface area contributed by atoms with Gasteiger partial charge < -0.3 is 9.73 Å². The second-order valence-corrected chi connectivity index (χ2v) is 6.39. The molecule has 0 saturated carbocycles. The van der Waals surface area contributed by atoms with Gasteiger partial charge in [0.1, 0.15) is 11.8 Å². The molecule has 1 heterocycles. The van der Waals surface area contributed by atoms with Gasteiger partial charge >= 0.3 is 0 Å². The predicted molar refractivity (Wildman–Crippen MR) is 97.0 cm³/mol. The normalized spacial score (nSPS) is 12.4. The molecule has 0 aliphatic carbocycles. The van der Waals surface area contributed by atoms with Crippen LogP contribution in [-0.2, 0) is 4.79 Å². The number of carbonyl (C=O) groups is 2. The summed E-state index contributed by atoms with van der Waals surface area (Å²) < 4.78 is 5.07. The number of amides is 2. The van der Waals surface area contributed by atoms with Gasteiger partial charge in [-0.3, -0.25) is 9.59 Å². The van der Waals surface area contributed by atoms with Crippen molar-refractivity contribution in [1.29, 1.82) is 0 Å². The van der Waals surface area contributed by atoms with Crippen molar-refractivity contribution in [1.82, 2.24) is 10.7 Å². The summed E-state index contributed by atoms with van der Waals surface area (Å²) in [6.45, 7) is 3.63. The highest BCUT2D eigenvalue weighted by atomic mass is 35.5. The van der Waals surface area contributed by atoms with E-state index in [4.69, 9.17) is 27.6 Å². The molecule has 0 saturated heterocycles. The van der Waals surface area contributed by atoms with E-state index in [-0.39, 0.29) is 10.9 Å². The Bertz CT molecular complexity index is 773. The average Bonchev–Trinajstić information content (AvgIpc) is 3.07. The van der Waals surface area contributed by atoms with Crippen LogP contribution in [0.3, 0.4) is 0 Å². The number of nitrogens with zero attached hydrogens (tertiary/aromatic N) is 1. The maximum atomic E-state index is 12.3. The number of furan rings is 1. The van der Waals surface area contributed by atoms with Gasteiger partial charge in [0.2, 0.25) is 0 Å². The Morgan fingerprint density at radius 2 is 1.96 bits per heavy atom. The summed E-state index contributed by atoms with van der Waals surface area (Å²) >= 11 is 11.8. The molecular weight excluding hydrogens is 365 g/mol. The monoisotopic (exact) mass is 381 g/mol. The van der Waals surface area contributed by atoms with Crippen LogP contribution in [0.15, 0.2) is 46.1 Å². The van der Waals surface area contributed by atoms with E-state index in [9.17, 15) is 9.59 Å². The van der Waals surface area contributed by atoms with Gasteiger partial charge in [0.25, 0.3) is 11.8 Å². The third-order valence-electron chi connectivity index (χ3n) is 3.33. The lowest BCUT2D eigenvalue weighted by Crippen LogP contribution is -2.48. The Kier molecular flexibility index (Phi) is 6.61. The number of halogens is 2.